The molecule has 106 valence electrons. The molecule has 3 nitrogen and oxygen atoms in total. The molecular weight excluding hydrogens is 224 g/mol. The van der Waals surface area contributed by atoms with Gasteiger partial charge in [-0.25, -0.2) is 0 Å². The van der Waals surface area contributed by atoms with Gasteiger partial charge in [-0.3, -0.25) is 4.79 Å². The minimum Gasteiger partial charge on any atom is -0.350 e. The highest BCUT2D eigenvalue weighted by atomic mass is 16.2. The van der Waals surface area contributed by atoms with Crippen molar-refractivity contribution in [3.63, 3.8) is 0 Å². The van der Waals surface area contributed by atoms with E-state index in [0.29, 0.717) is 6.54 Å². The summed E-state index contributed by atoms with van der Waals surface area (Å²) in [6, 6.07) is 0. The van der Waals surface area contributed by atoms with Crippen LogP contribution in [0.3, 0.4) is 0 Å². The van der Waals surface area contributed by atoms with Gasteiger partial charge in [0.15, 0.2) is 0 Å². The SMILES string of the molecule is CCC(CC)(CC)NC(=O)C1(CN)CCCCC1. The maximum atomic E-state index is 12.7. The van der Waals surface area contributed by atoms with E-state index in [1.54, 1.807) is 0 Å². The van der Waals surface area contributed by atoms with Crippen LogP contribution in [0.4, 0.5) is 0 Å². The summed E-state index contributed by atoms with van der Waals surface area (Å²) in [5.74, 6) is 0.204. The van der Waals surface area contributed by atoms with Crippen LogP contribution in [0.15, 0.2) is 0 Å². The van der Waals surface area contributed by atoms with Gasteiger partial charge in [-0.05, 0) is 32.1 Å². The highest BCUT2D eigenvalue weighted by Crippen LogP contribution is 2.36. The third kappa shape index (κ3) is 3.05. The van der Waals surface area contributed by atoms with Crippen molar-refractivity contribution in [3.05, 3.63) is 0 Å². The van der Waals surface area contributed by atoms with E-state index < -0.39 is 0 Å². The predicted octanol–water partition coefficient (Wildman–Crippen LogP) is 2.98. The van der Waals surface area contributed by atoms with Gasteiger partial charge < -0.3 is 11.1 Å². The first kappa shape index (κ1) is 15.5. The van der Waals surface area contributed by atoms with Gasteiger partial charge in [-0.15, -0.1) is 0 Å². The summed E-state index contributed by atoms with van der Waals surface area (Å²) < 4.78 is 0. The number of nitrogens with one attached hydrogen (secondary N) is 1. The Labute approximate surface area is 112 Å². The average molecular weight is 254 g/mol. The molecule has 3 N–H and O–H groups in total. The summed E-state index contributed by atoms with van der Waals surface area (Å²) in [4.78, 5) is 12.7. The minimum absolute atomic E-state index is 0.0311. The van der Waals surface area contributed by atoms with E-state index in [9.17, 15) is 4.79 Å². The second kappa shape index (κ2) is 6.55. The first-order valence-corrected chi connectivity index (χ1v) is 7.61. The molecule has 1 saturated carbocycles. The standard InChI is InChI=1S/C15H30N2O/c1-4-15(5-2,6-3)17-13(18)14(12-16)10-8-7-9-11-14/h4-12,16H2,1-3H3,(H,17,18). The molecule has 1 amide bonds. The van der Waals surface area contributed by atoms with E-state index in [1.807, 2.05) is 0 Å². The minimum atomic E-state index is -0.289. The van der Waals surface area contributed by atoms with Crippen molar-refractivity contribution in [2.45, 2.75) is 77.7 Å². The Balaban J connectivity index is 2.78. The van der Waals surface area contributed by atoms with Gasteiger partial charge in [-0.2, -0.15) is 0 Å². The summed E-state index contributed by atoms with van der Waals surface area (Å²) in [6.45, 7) is 6.96. The van der Waals surface area contributed by atoms with Crippen molar-refractivity contribution in [2.75, 3.05) is 6.54 Å². The molecule has 1 fully saturated rings. The maximum absolute atomic E-state index is 12.7. The molecule has 0 saturated heterocycles. The molecule has 0 aromatic carbocycles. The Kier molecular flexibility index (Phi) is 5.64. The van der Waals surface area contributed by atoms with Crippen LogP contribution in [0.1, 0.15) is 72.1 Å². The van der Waals surface area contributed by atoms with Gasteiger partial charge in [0.2, 0.25) is 5.91 Å². The summed E-state index contributed by atoms with van der Waals surface area (Å²) in [6.07, 6.45) is 8.43. The zero-order valence-corrected chi connectivity index (χ0v) is 12.3. The number of hydrogen-bond acceptors (Lipinski definition) is 2. The number of rotatable bonds is 6. The van der Waals surface area contributed by atoms with E-state index in [4.69, 9.17) is 5.73 Å². The molecule has 0 aliphatic heterocycles. The zero-order chi connectivity index (χ0) is 13.6. The first-order chi connectivity index (χ1) is 8.58. The fourth-order valence-electron chi connectivity index (χ4n) is 3.14. The molecule has 1 aliphatic rings. The van der Waals surface area contributed by atoms with Crippen LogP contribution in [-0.4, -0.2) is 18.0 Å². The van der Waals surface area contributed by atoms with Gasteiger partial charge in [0, 0.05) is 12.1 Å². The summed E-state index contributed by atoms with van der Waals surface area (Å²) in [7, 11) is 0. The third-order valence-electron chi connectivity index (χ3n) is 5.09. The summed E-state index contributed by atoms with van der Waals surface area (Å²) in [5, 5.41) is 3.32. The van der Waals surface area contributed by atoms with E-state index in [1.165, 1.54) is 6.42 Å². The molecular formula is C15H30N2O. The molecule has 18 heavy (non-hydrogen) atoms. The summed E-state index contributed by atoms with van der Waals surface area (Å²) >= 11 is 0. The second-order valence-electron chi connectivity index (χ2n) is 5.84. The lowest BCUT2D eigenvalue weighted by atomic mass is 9.72. The van der Waals surface area contributed by atoms with Crippen LogP contribution in [-0.2, 0) is 4.79 Å². The van der Waals surface area contributed by atoms with Crippen molar-refractivity contribution in [1.29, 1.82) is 0 Å². The quantitative estimate of drug-likeness (QED) is 0.765. The van der Waals surface area contributed by atoms with Crippen LogP contribution in [0, 0.1) is 5.41 Å². The molecule has 0 radical (unpaired) electrons. The molecule has 0 aromatic rings. The van der Waals surface area contributed by atoms with E-state index >= 15 is 0 Å². The fourth-order valence-corrected chi connectivity index (χ4v) is 3.14. The summed E-state index contributed by atoms with van der Waals surface area (Å²) in [5.41, 5.74) is 5.60. The van der Waals surface area contributed by atoms with Crippen LogP contribution in [0.25, 0.3) is 0 Å². The number of hydrogen-bond donors (Lipinski definition) is 2. The Morgan fingerprint density at radius 3 is 2.00 bits per heavy atom. The van der Waals surface area contributed by atoms with E-state index in [2.05, 4.69) is 26.1 Å². The molecule has 1 rings (SSSR count). The number of carbonyl (C=O) groups excluding carboxylic acids is 1. The van der Waals surface area contributed by atoms with Crippen molar-refractivity contribution in [1.82, 2.24) is 5.32 Å². The lowest BCUT2D eigenvalue weighted by Crippen LogP contribution is -2.55. The fraction of sp³-hybridized carbons (Fsp3) is 0.933. The highest BCUT2D eigenvalue weighted by molar-refractivity contribution is 5.83. The van der Waals surface area contributed by atoms with Crippen molar-refractivity contribution < 1.29 is 4.79 Å². The largest absolute Gasteiger partial charge is 0.350 e. The van der Waals surface area contributed by atoms with Crippen LogP contribution < -0.4 is 11.1 Å². The Morgan fingerprint density at radius 1 is 1.11 bits per heavy atom. The molecule has 0 atom stereocenters. The molecule has 0 spiro atoms. The smallest absolute Gasteiger partial charge is 0.227 e. The third-order valence-corrected chi connectivity index (χ3v) is 5.09. The lowest BCUT2D eigenvalue weighted by Gasteiger charge is -2.40. The van der Waals surface area contributed by atoms with Crippen LogP contribution in [0.5, 0.6) is 0 Å². The van der Waals surface area contributed by atoms with Gasteiger partial charge in [0.1, 0.15) is 0 Å². The van der Waals surface area contributed by atoms with Gasteiger partial charge in [0.05, 0.1) is 5.41 Å². The van der Waals surface area contributed by atoms with Crippen LogP contribution >= 0.6 is 0 Å². The van der Waals surface area contributed by atoms with E-state index in [-0.39, 0.29) is 16.9 Å². The topological polar surface area (TPSA) is 55.1 Å². The Morgan fingerprint density at radius 2 is 1.61 bits per heavy atom. The molecule has 1 aliphatic carbocycles. The highest BCUT2D eigenvalue weighted by Gasteiger charge is 2.40. The molecule has 0 unspecified atom stereocenters. The Hall–Kier alpha value is -0.570. The van der Waals surface area contributed by atoms with Gasteiger partial charge >= 0.3 is 0 Å². The van der Waals surface area contributed by atoms with Gasteiger partial charge in [0.25, 0.3) is 0 Å². The normalized spacial score (nSPS) is 19.6. The van der Waals surface area contributed by atoms with Gasteiger partial charge in [-0.1, -0.05) is 40.0 Å². The number of nitrogens with two attached hydrogens (primary N) is 1. The number of amides is 1. The lowest BCUT2D eigenvalue weighted by molar-refractivity contribution is -0.134. The Bertz CT molecular complexity index is 257. The second-order valence-corrected chi connectivity index (χ2v) is 5.84. The monoisotopic (exact) mass is 254 g/mol. The molecule has 0 aromatic heterocycles. The maximum Gasteiger partial charge on any atom is 0.227 e. The van der Waals surface area contributed by atoms with E-state index in [0.717, 1.165) is 44.9 Å². The van der Waals surface area contributed by atoms with Crippen molar-refractivity contribution in [3.8, 4) is 0 Å². The first-order valence-electron chi connectivity index (χ1n) is 7.61. The average Bonchev–Trinajstić information content (AvgIpc) is 2.45. The van der Waals surface area contributed by atoms with Crippen LogP contribution in [0.2, 0.25) is 0 Å². The molecule has 3 heteroatoms. The van der Waals surface area contributed by atoms with Crippen molar-refractivity contribution >= 4 is 5.91 Å². The number of carbonyl (C=O) groups is 1. The predicted molar refractivity (Wildman–Crippen MR) is 76.3 cm³/mol. The molecule has 0 bridgehead atoms. The molecule has 0 heterocycles. The zero-order valence-electron chi connectivity index (χ0n) is 12.3. The van der Waals surface area contributed by atoms with Crippen molar-refractivity contribution in [2.24, 2.45) is 11.1 Å².